The van der Waals surface area contributed by atoms with E-state index >= 15 is 0 Å². The van der Waals surface area contributed by atoms with Crippen LogP contribution in [0.4, 0.5) is 0 Å². The zero-order chi connectivity index (χ0) is 12.7. The lowest BCUT2D eigenvalue weighted by Crippen LogP contribution is -2.48. The van der Waals surface area contributed by atoms with Gasteiger partial charge in [0, 0.05) is 25.0 Å². The highest BCUT2D eigenvalue weighted by molar-refractivity contribution is 5.78. The van der Waals surface area contributed by atoms with Crippen molar-refractivity contribution in [3.63, 3.8) is 0 Å². The molecular weight excluding hydrogens is 212 g/mol. The van der Waals surface area contributed by atoms with Crippen molar-refractivity contribution >= 4 is 5.91 Å². The molecule has 0 radical (unpaired) electrons. The molecule has 0 aromatic carbocycles. The Kier molecular flexibility index (Phi) is 3.23. The van der Waals surface area contributed by atoms with Crippen molar-refractivity contribution < 1.29 is 4.79 Å². The van der Waals surface area contributed by atoms with E-state index in [-0.39, 0.29) is 5.91 Å². The third kappa shape index (κ3) is 3.44. The maximum absolute atomic E-state index is 11.2. The van der Waals surface area contributed by atoms with E-state index in [0.29, 0.717) is 29.3 Å². The van der Waals surface area contributed by atoms with Crippen LogP contribution in [0.25, 0.3) is 0 Å². The smallest absolute Gasteiger partial charge is 0.221 e. The molecule has 0 aromatic rings. The Morgan fingerprint density at radius 3 is 2.18 bits per heavy atom. The molecule has 1 aliphatic carbocycles. The van der Waals surface area contributed by atoms with E-state index in [4.69, 9.17) is 0 Å². The average Bonchev–Trinajstić information content (AvgIpc) is 2.44. The molecule has 2 N–H and O–H groups in total. The molecule has 0 aromatic heterocycles. The SMILES string of the molecule is CC1(C)CC(NC2CNC(=O)C2)CC(C)(C)C1. The molecule has 1 aliphatic heterocycles. The van der Waals surface area contributed by atoms with Gasteiger partial charge in [0.2, 0.25) is 5.91 Å². The van der Waals surface area contributed by atoms with E-state index in [0.717, 1.165) is 6.54 Å². The lowest BCUT2D eigenvalue weighted by Gasteiger charge is -2.45. The van der Waals surface area contributed by atoms with Crippen LogP contribution in [0.5, 0.6) is 0 Å². The summed E-state index contributed by atoms with van der Waals surface area (Å²) < 4.78 is 0. The van der Waals surface area contributed by atoms with Gasteiger partial charge in [-0.3, -0.25) is 4.79 Å². The molecule has 1 unspecified atom stereocenters. The van der Waals surface area contributed by atoms with Gasteiger partial charge in [0.05, 0.1) is 0 Å². The first-order valence-electron chi connectivity index (χ1n) is 6.79. The second-order valence-corrected chi connectivity index (χ2v) is 7.48. The number of hydrogen-bond donors (Lipinski definition) is 2. The summed E-state index contributed by atoms with van der Waals surface area (Å²) >= 11 is 0. The molecule has 1 saturated heterocycles. The highest BCUT2D eigenvalue weighted by Crippen LogP contribution is 2.45. The summed E-state index contributed by atoms with van der Waals surface area (Å²) in [7, 11) is 0. The molecule has 1 saturated carbocycles. The summed E-state index contributed by atoms with van der Waals surface area (Å²) in [6.45, 7) is 10.2. The van der Waals surface area contributed by atoms with Crippen LogP contribution < -0.4 is 10.6 Å². The van der Waals surface area contributed by atoms with Crippen LogP contribution in [0, 0.1) is 10.8 Å². The molecule has 1 heterocycles. The van der Waals surface area contributed by atoms with E-state index in [1.807, 2.05) is 0 Å². The molecule has 3 nitrogen and oxygen atoms in total. The van der Waals surface area contributed by atoms with Crippen molar-refractivity contribution in [2.24, 2.45) is 10.8 Å². The second-order valence-electron chi connectivity index (χ2n) is 7.48. The van der Waals surface area contributed by atoms with Gasteiger partial charge in [-0.05, 0) is 30.1 Å². The summed E-state index contributed by atoms with van der Waals surface area (Å²) in [6, 6.07) is 0.906. The number of nitrogens with one attached hydrogen (secondary N) is 2. The van der Waals surface area contributed by atoms with Gasteiger partial charge in [0.15, 0.2) is 0 Å². The van der Waals surface area contributed by atoms with Gasteiger partial charge in [-0.25, -0.2) is 0 Å². The molecule has 1 atom stereocenters. The first-order valence-corrected chi connectivity index (χ1v) is 6.79. The van der Waals surface area contributed by atoms with Gasteiger partial charge < -0.3 is 10.6 Å². The monoisotopic (exact) mass is 238 g/mol. The molecule has 3 heteroatoms. The zero-order valence-electron chi connectivity index (χ0n) is 11.6. The lowest BCUT2D eigenvalue weighted by molar-refractivity contribution is -0.119. The normalized spacial score (nSPS) is 32.5. The van der Waals surface area contributed by atoms with Crippen LogP contribution in [0.3, 0.4) is 0 Å². The van der Waals surface area contributed by atoms with Crippen LogP contribution in [-0.4, -0.2) is 24.5 Å². The Labute approximate surface area is 105 Å². The minimum atomic E-state index is 0.192. The molecule has 2 aliphatic rings. The third-order valence-corrected chi connectivity index (χ3v) is 4.00. The maximum atomic E-state index is 11.2. The zero-order valence-corrected chi connectivity index (χ0v) is 11.6. The van der Waals surface area contributed by atoms with Gasteiger partial charge in [0.1, 0.15) is 0 Å². The number of carbonyl (C=O) groups excluding carboxylic acids is 1. The molecule has 2 rings (SSSR count). The fourth-order valence-electron chi connectivity index (χ4n) is 4.02. The summed E-state index contributed by atoms with van der Waals surface area (Å²) in [5.74, 6) is 0.192. The maximum Gasteiger partial charge on any atom is 0.221 e. The van der Waals surface area contributed by atoms with Crippen LogP contribution in [0.15, 0.2) is 0 Å². The minimum Gasteiger partial charge on any atom is -0.354 e. The van der Waals surface area contributed by atoms with Crippen LogP contribution >= 0.6 is 0 Å². The predicted octanol–water partition coefficient (Wildman–Crippen LogP) is 2.07. The van der Waals surface area contributed by atoms with Gasteiger partial charge >= 0.3 is 0 Å². The second kappa shape index (κ2) is 4.27. The van der Waals surface area contributed by atoms with E-state index in [1.54, 1.807) is 0 Å². The number of carbonyl (C=O) groups is 1. The molecule has 98 valence electrons. The Bertz CT molecular complexity index is 293. The predicted molar refractivity (Wildman–Crippen MR) is 69.8 cm³/mol. The van der Waals surface area contributed by atoms with Gasteiger partial charge in [0.25, 0.3) is 0 Å². The van der Waals surface area contributed by atoms with Gasteiger partial charge in [-0.1, -0.05) is 27.7 Å². The number of hydrogen-bond acceptors (Lipinski definition) is 2. The summed E-state index contributed by atoms with van der Waals surface area (Å²) in [4.78, 5) is 11.2. The number of rotatable bonds is 2. The van der Waals surface area contributed by atoms with Crippen LogP contribution in [0.1, 0.15) is 53.4 Å². The van der Waals surface area contributed by atoms with E-state index in [1.165, 1.54) is 19.3 Å². The Morgan fingerprint density at radius 1 is 1.12 bits per heavy atom. The minimum absolute atomic E-state index is 0.192. The van der Waals surface area contributed by atoms with Crippen molar-refractivity contribution in [1.29, 1.82) is 0 Å². The molecule has 2 fully saturated rings. The lowest BCUT2D eigenvalue weighted by atomic mass is 9.63. The van der Waals surface area contributed by atoms with Crippen molar-refractivity contribution in [1.82, 2.24) is 10.6 Å². The Morgan fingerprint density at radius 2 is 1.71 bits per heavy atom. The third-order valence-electron chi connectivity index (χ3n) is 4.00. The number of amides is 1. The highest BCUT2D eigenvalue weighted by atomic mass is 16.1. The van der Waals surface area contributed by atoms with Gasteiger partial charge in [-0.2, -0.15) is 0 Å². The van der Waals surface area contributed by atoms with E-state index in [2.05, 4.69) is 38.3 Å². The fraction of sp³-hybridized carbons (Fsp3) is 0.929. The standard InChI is InChI=1S/C14H26N2O/c1-13(2)6-11(7-14(3,4)9-13)16-10-5-12(17)15-8-10/h10-11,16H,5-9H2,1-4H3,(H,15,17). The largest absolute Gasteiger partial charge is 0.354 e. The van der Waals surface area contributed by atoms with Crippen molar-refractivity contribution in [2.75, 3.05) is 6.54 Å². The molecule has 0 bridgehead atoms. The van der Waals surface area contributed by atoms with E-state index < -0.39 is 0 Å². The Hall–Kier alpha value is -0.570. The first kappa shape index (κ1) is 12.9. The Balaban J connectivity index is 1.94. The summed E-state index contributed by atoms with van der Waals surface area (Å²) in [5, 5.41) is 6.58. The highest BCUT2D eigenvalue weighted by Gasteiger charge is 2.39. The molecule has 17 heavy (non-hydrogen) atoms. The van der Waals surface area contributed by atoms with Gasteiger partial charge in [-0.15, -0.1) is 0 Å². The van der Waals surface area contributed by atoms with Crippen molar-refractivity contribution in [3.8, 4) is 0 Å². The fourth-order valence-corrected chi connectivity index (χ4v) is 4.02. The molecular formula is C14H26N2O. The topological polar surface area (TPSA) is 41.1 Å². The quantitative estimate of drug-likeness (QED) is 0.773. The molecule has 0 spiro atoms. The summed E-state index contributed by atoms with van der Waals surface area (Å²) in [5.41, 5.74) is 0.824. The van der Waals surface area contributed by atoms with E-state index in [9.17, 15) is 4.79 Å². The average molecular weight is 238 g/mol. The van der Waals surface area contributed by atoms with Crippen LogP contribution in [-0.2, 0) is 4.79 Å². The van der Waals surface area contributed by atoms with Crippen molar-refractivity contribution in [3.05, 3.63) is 0 Å². The van der Waals surface area contributed by atoms with Crippen molar-refractivity contribution in [2.45, 2.75) is 65.5 Å². The molecule has 1 amide bonds. The summed E-state index contributed by atoms with van der Waals surface area (Å²) in [6.07, 6.45) is 4.39. The first-order chi connectivity index (χ1) is 7.76. The van der Waals surface area contributed by atoms with Crippen LogP contribution in [0.2, 0.25) is 0 Å².